The molecule has 0 radical (unpaired) electrons. The molecule has 1 aliphatic heterocycles. The Kier molecular flexibility index (Phi) is 4.30. The van der Waals surface area contributed by atoms with Gasteiger partial charge in [0.1, 0.15) is 23.4 Å². The van der Waals surface area contributed by atoms with Crippen LogP contribution in [-0.4, -0.2) is 29.7 Å². The monoisotopic (exact) mass is 341 g/mol. The number of aromatic nitrogens is 2. The number of morpholine rings is 1. The van der Waals surface area contributed by atoms with Crippen molar-refractivity contribution >= 4 is 5.95 Å². The van der Waals surface area contributed by atoms with Crippen molar-refractivity contribution in [3.8, 4) is 11.6 Å². The summed E-state index contributed by atoms with van der Waals surface area (Å²) in [5.74, 6) is 1.94. The van der Waals surface area contributed by atoms with Gasteiger partial charge in [-0.15, -0.1) is 0 Å². The zero-order valence-electron chi connectivity index (χ0n) is 13.3. The maximum Gasteiger partial charge on any atom is 0.228 e. The Labute approximate surface area is 143 Å². The minimum atomic E-state index is -0.312. The molecule has 7 heteroatoms. The van der Waals surface area contributed by atoms with Crippen LogP contribution in [0.4, 0.5) is 10.3 Å². The van der Waals surface area contributed by atoms with Crippen LogP contribution >= 0.6 is 0 Å². The van der Waals surface area contributed by atoms with Crippen molar-refractivity contribution in [3.05, 3.63) is 66.5 Å². The average Bonchev–Trinajstić information content (AvgIpc) is 3.19. The minimum absolute atomic E-state index is 0.158. The Morgan fingerprint density at radius 3 is 2.84 bits per heavy atom. The summed E-state index contributed by atoms with van der Waals surface area (Å²) >= 11 is 0. The fraction of sp³-hybridized carbons (Fsp3) is 0.222. The van der Waals surface area contributed by atoms with Crippen molar-refractivity contribution in [1.29, 1.82) is 0 Å². The molecule has 0 N–H and O–H groups in total. The van der Waals surface area contributed by atoms with E-state index in [0.717, 1.165) is 5.76 Å². The van der Waals surface area contributed by atoms with Gasteiger partial charge in [-0.05, 0) is 36.4 Å². The number of benzene rings is 1. The third kappa shape index (κ3) is 3.61. The first-order valence-corrected chi connectivity index (χ1v) is 7.94. The van der Waals surface area contributed by atoms with Crippen LogP contribution < -0.4 is 9.64 Å². The van der Waals surface area contributed by atoms with Gasteiger partial charge in [0.05, 0.1) is 19.4 Å². The van der Waals surface area contributed by atoms with E-state index in [2.05, 4.69) is 9.97 Å². The molecular formula is C18H16FN3O3. The second-order valence-electron chi connectivity index (χ2n) is 5.57. The van der Waals surface area contributed by atoms with Crippen LogP contribution in [-0.2, 0) is 4.74 Å². The highest BCUT2D eigenvalue weighted by molar-refractivity contribution is 5.35. The molecule has 1 fully saturated rings. The highest BCUT2D eigenvalue weighted by Gasteiger charge is 2.25. The first-order chi connectivity index (χ1) is 12.3. The smallest absolute Gasteiger partial charge is 0.228 e. The molecule has 1 unspecified atom stereocenters. The summed E-state index contributed by atoms with van der Waals surface area (Å²) < 4.78 is 29.8. The lowest BCUT2D eigenvalue weighted by Crippen LogP contribution is -2.39. The van der Waals surface area contributed by atoms with Gasteiger partial charge in [0.15, 0.2) is 0 Å². The standard InChI is InChI=1S/C18H16FN3O3/c19-13-3-5-14(6-4-13)25-17-7-8-20-18(21-17)22-9-11-24-16(12-22)15-2-1-10-23-15/h1-8,10,16H,9,11-12H2. The van der Waals surface area contributed by atoms with Crippen molar-refractivity contribution in [1.82, 2.24) is 9.97 Å². The van der Waals surface area contributed by atoms with Gasteiger partial charge < -0.3 is 18.8 Å². The number of halogens is 1. The molecule has 3 heterocycles. The van der Waals surface area contributed by atoms with E-state index >= 15 is 0 Å². The van der Waals surface area contributed by atoms with E-state index in [-0.39, 0.29) is 11.9 Å². The number of hydrogen-bond donors (Lipinski definition) is 0. The molecule has 0 aliphatic carbocycles. The predicted molar refractivity (Wildman–Crippen MR) is 88.1 cm³/mol. The van der Waals surface area contributed by atoms with E-state index in [4.69, 9.17) is 13.9 Å². The third-order valence-corrected chi connectivity index (χ3v) is 3.86. The first kappa shape index (κ1) is 15.6. The maximum atomic E-state index is 13.0. The van der Waals surface area contributed by atoms with Crippen LogP contribution in [0.25, 0.3) is 0 Å². The molecule has 0 saturated carbocycles. The van der Waals surface area contributed by atoms with Crippen molar-refractivity contribution in [3.63, 3.8) is 0 Å². The minimum Gasteiger partial charge on any atom is -0.467 e. The summed E-state index contributed by atoms with van der Waals surface area (Å²) in [7, 11) is 0. The Morgan fingerprint density at radius 1 is 1.16 bits per heavy atom. The van der Waals surface area contributed by atoms with Gasteiger partial charge in [0, 0.05) is 18.8 Å². The lowest BCUT2D eigenvalue weighted by atomic mass is 10.2. The van der Waals surface area contributed by atoms with Gasteiger partial charge in [-0.1, -0.05) is 0 Å². The van der Waals surface area contributed by atoms with Crippen LogP contribution in [0, 0.1) is 5.82 Å². The highest BCUT2D eigenvalue weighted by Crippen LogP contribution is 2.26. The van der Waals surface area contributed by atoms with E-state index in [1.54, 1.807) is 30.7 Å². The van der Waals surface area contributed by atoms with Gasteiger partial charge in [-0.25, -0.2) is 9.37 Å². The molecule has 1 aromatic carbocycles. The predicted octanol–water partition coefficient (Wildman–Crippen LogP) is 3.58. The van der Waals surface area contributed by atoms with E-state index in [1.165, 1.54) is 12.1 Å². The highest BCUT2D eigenvalue weighted by atomic mass is 19.1. The number of hydrogen-bond acceptors (Lipinski definition) is 6. The molecule has 25 heavy (non-hydrogen) atoms. The number of nitrogens with zero attached hydrogens (tertiary/aromatic N) is 3. The molecule has 4 rings (SSSR count). The fourth-order valence-corrected chi connectivity index (χ4v) is 2.64. The van der Waals surface area contributed by atoms with E-state index in [0.29, 0.717) is 37.3 Å². The van der Waals surface area contributed by atoms with Crippen molar-refractivity contribution < 1.29 is 18.3 Å². The molecule has 2 aromatic heterocycles. The van der Waals surface area contributed by atoms with E-state index < -0.39 is 0 Å². The molecule has 1 aliphatic rings. The van der Waals surface area contributed by atoms with Crippen LogP contribution in [0.15, 0.2) is 59.3 Å². The molecule has 0 spiro atoms. The zero-order chi connectivity index (χ0) is 17.1. The maximum absolute atomic E-state index is 13.0. The number of ether oxygens (including phenoxy) is 2. The Bertz CT molecular complexity index is 824. The molecule has 6 nitrogen and oxygen atoms in total. The normalized spacial score (nSPS) is 17.5. The largest absolute Gasteiger partial charge is 0.467 e. The van der Waals surface area contributed by atoms with E-state index in [1.807, 2.05) is 17.0 Å². The van der Waals surface area contributed by atoms with Crippen LogP contribution in [0.3, 0.4) is 0 Å². The van der Waals surface area contributed by atoms with Crippen LogP contribution in [0.1, 0.15) is 11.9 Å². The Hall–Kier alpha value is -2.93. The van der Waals surface area contributed by atoms with Crippen molar-refractivity contribution in [2.45, 2.75) is 6.10 Å². The summed E-state index contributed by atoms with van der Waals surface area (Å²) in [6.45, 7) is 1.82. The lowest BCUT2D eigenvalue weighted by Gasteiger charge is -2.31. The quantitative estimate of drug-likeness (QED) is 0.723. The Morgan fingerprint density at radius 2 is 2.04 bits per heavy atom. The summed E-state index contributed by atoms with van der Waals surface area (Å²) in [5.41, 5.74) is 0. The molecular weight excluding hydrogens is 325 g/mol. The fourth-order valence-electron chi connectivity index (χ4n) is 2.64. The molecule has 128 valence electrons. The zero-order valence-corrected chi connectivity index (χ0v) is 13.3. The second kappa shape index (κ2) is 6.90. The van der Waals surface area contributed by atoms with Crippen molar-refractivity contribution in [2.24, 2.45) is 0 Å². The molecule has 3 aromatic rings. The second-order valence-corrected chi connectivity index (χ2v) is 5.57. The van der Waals surface area contributed by atoms with Crippen molar-refractivity contribution in [2.75, 3.05) is 24.6 Å². The summed E-state index contributed by atoms with van der Waals surface area (Å²) in [6.07, 6.45) is 3.11. The average molecular weight is 341 g/mol. The summed E-state index contributed by atoms with van der Waals surface area (Å²) in [6, 6.07) is 11.2. The molecule has 1 saturated heterocycles. The van der Waals surface area contributed by atoms with E-state index in [9.17, 15) is 4.39 Å². The topological polar surface area (TPSA) is 60.6 Å². The molecule has 0 bridgehead atoms. The van der Waals surface area contributed by atoms with Gasteiger partial charge in [-0.2, -0.15) is 4.98 Å². The lowest BCUT2D eigenvalue weighted by molar-refractivity contribution is 0.0252. The number of anilines is 1. The van der Waals surface area contributed by atoms with Crippen LogP contribution in [0.5, 0.6) is 11.6 Å². The number of furan rings is 1. The third-order valence-electron chi connectivity index (χ3n) is 3.86. The Balaban J connectivity index is 1.49. The SMILES string of the molecule is Fc1ccc(Oc2ccnc(N3CCOC(c4ccco4)C3)n2)cc1. The van der Waals surface area contributed by atoms with Gasteiger partial charge in [0.2, 0.25) is 11.8 Å². The number of rotatable bonds is 4. The molecule has 0 amide bonds. The summed E-state index contributed by atoms with van der Waals surface area (Å²) in [5, 5.41) is 0. The van der Waals surface area contributed by atoms with Gasteiger partial charge in [-0.3, -0.25) is 0 Å². The first-order valence-electron chi connectivity index (χ1n) is 7.94. The van der Waals surface area contributed by atoms with Gasteiger partial charge in [0.25, 0.3) is 0 Å². The van der Waals surface area contributed by atoms with Gasteiger partial charge >= 0.3 is 0 Å². The summed E-state index contributed by atoms with van der Waals surface area (Å²) in [4.78, 5) is 10.8. The van der Waals surface area contributed by atoms with Crippen LogP contribution in [0.2, 0.25) is 0 Å². The molecule has 1 atom stereocenters.